The van der Waals surface area contributed by atoms with E-state index in [1.54, 1.807) is 12.1 Å². The molecule has 0 bridgehead atoms. The van der Waals surface area contributed by atoms with Crippen LogP contribution in [-0.2, 0) is 4.74 Å². The number of hydrogen-bond donors (Lipinski definition) is 1. The molecule has 6 heteroatoms. The van der Waals surface area contributed by atoms with Gasteiger partial charge in [0.25, 0.3) is 5.91 Å². The highest BCUT2D eigenvalue weighted by molar-refractivity contribution is 6.00. The van der Waals surface area contributed by atoms with Gasteiger partial charge >= 0.3 is 0 Å². The third kappa shape index (κ3) is 6.97. The van der Waals surface area contributed by atoms with Crippen molar-refractivity contribution in [2.24, 2.45) is 10.9 Å². The van der Waals surface area contributed by atoms with Crippen molar-refractivity contribution in [3.63, 3.8) is 0 Å². The largest absolute Gasteiger partial charge is 0.362 e. The summed E-state index contributed by atoms with van der Waals surface area (Å²) in [5.41, 5.74) is 9.58. The summed E-state index contributed by atoms with van der Waals surface area (Å²) in [6, 6.07) is 4.79. The fraction of sp³-hybridized carbons (Fsp3) is 0.471. The van der Waals surface area contributed by atoms with Crippen molar-refractivity contribution < 1.29 is 13.9 Å². The van der Waals surface area contributed by atoms with E-state index in [2.05, 4.69) is 46.4 Å². The van der Waals surface area contributed by atoms with E-state index in [4.69, 9.17) is 4.74 Å². The van der Waals surface area contributed by atoms with E-state index in [0.717, 1.165) is 74.2 Å². The van der Waals surface area contributed by atoms with Crippen molar-refractivity contribution in [2.75, 3.05) is 26.4 Å². The standard InChI is InChI=1S/C34H42FN3O2/c1-22-5-7-28(15-22)29-8-6-27(18-29)20-40-21-38-13-11-26(12-14-38)16-23(2)37-34(39)32-19-30(9-10-33(32)35)31-17-24(3)36-25(31)4/h5-6,8-10,15,19,23,26H,7,11-14,16-18,20-21H2,1-4H3,(H,37,39)/t23-/m0/s1. The summed E-state index contributed by atoms with van der Waals surface area (Å²) in [5.74, 6) is -0.296. The molecular formula is C34H42FN3O2. The van der Waals surface area contributed by atoms with Crippen molar-refractivity contribution in [3.05, 3.63) is 87.4 Å². The van der Waals surface area contributed by atoms with E-state index in [9.17, 15) is 9.18 Å². The molecular weight excluding hydrogens is 501 g/mol. The minimum atomic E-state index is -0.487. The summed E-state index contributed by atoms with van der Waals surface area (Å²) in [5, 5.41) is 3.04. The van der Waals surface area contributed by atoms with Crippen molar-refractivity contribution in [2.45, 2.75) is 72.3 Å². The van der Waals surface area contributed by atoms with Gasteiger partial charge in [-0.05, 0) is 106 Å². The quantitative estimate of drug-likeness (QED) is 0.341. The van der Waals surface area contributed by atoms with Gasteiger partial charge in [0.2, 0.25) is 0 Å². The van der Waals surface area contributed by atoms with Gasteiger partial charge in [-0.3, -0.25) is 14.7 Å². The maximum atomic E-state index is 14.6. The van der Waals surface area contributed by atoms with Crippen LogP contribution in [0.2, 0.25) is 0 Å². The molecule has 1 fully saturated rings. The van der Waals surface area contributed by atoms with Gasteiger partial charge in [0.05, 0.1) is 18.9 Å². The smallest absolute Gasteiger partial charge is 0.254 e. The average Bonchev–Trinajstić information content (AvgIpc) is 3.65. The maximum absolute atomic E-state index is 14.6. The molecule has 1 amide bonds. The van der Waals surface area contributed by atoms with Gasteiger partial charge in [-0.2, -0.15) is 0 Å². The minimum Gasteiger partial charge on any atom is -0.362 e. The predicted octanol–water partition coefficient (Wildman–Crippen LogP) is 7.15. The first-order valence-electron chi connectivity index (χ1n) is 14.7. The molecule has 2 heterocycles. The second-order valence-corrected chi connectivity index (χ2v) is 11.9. The zero-order chi connectivity index (χ0) is 28.2. The molecule has 0 aromatic heterocycles. The first-order chi connectivity index (χ1) is 19.2. The molecule has 1 saturated heterocycles. The van der Waals surface area contributed by atoms with Crippen LogP contribution in [0, 0.1) is 11.7 Å². The van der Waals surface area contributed by atoms with Gasteiger partial charge in [0.15, 0.2) is 0 Å². The number of benzene rings is 1. The second kappa shape index (κ2) is 12.6. The number of hydrogen-bond acceptors (Lipinski definition) is 4. The van der Waals surface area contributed by atoms with Crippen molar-refractivity contribution in [1.82, 2.24) is 10.2 Å². The van der Waals surface area contributed by atoms with Gasteiger partial charge in [-0.15, -0.1) is 0 Å². The van der Waals surface area contributed by atoms with Crippen LogP contribution in [0.25, 0.3) is 5.57 Å². The number of likely N-dealkylation sites (tertiary alicyclic amines) is 1. The number of nitrogens with zero attached hydrogens (tertiary/aromatic N) is 2. The van der Waals surface area contributed by atoms with Crippen LogP contribution in [0.1, 0.15) is 82.1 Å². The second-order valence-electron chi connectivity index (χ2n) is 11.9. The molecule has 4 aliphatic rings. The van der Waals surface area contributed by atoms with E-state index in [0.29, 0.717) is 19.3 Å². The Hall–Kier alpha value is -3.09. The molecule has 5 nitrogen and oxygen atoms in total. The van der Waals surface area contributed by atoms with Crippen LogP contribution < -0.4 is 5.32 Å². The Bertz CT molecular complexity index is 1340. The highest BCUT2D eigenvalue weighted by atomic mass is 19.1. The van der Waals surface area contributed by atoms with Crippen LogP contribution in [0.4, 0.5) is 4.39 Å². The molecule has 5 rings (SSSR count). The lowest BCUT2D eigenvalue weighted by atomic mass is 9.90. The number of ether oxygens (including phenoxy) is 1. The number of aliphatic imine (C=N–C) groups is 1. The summed E-state index contributed by atoms with van der Waals surface area (Å²) in [7, 11) is 0. The number of halogens is 1. The monoisotopic (exact) mass is 543 g/mol. The first-order valence-corrected chi connectivity index (χ1v) is 14.7. The number of nitrogens with one attached hydrogen (secondary N) is 1. The summed E-state index contributed by atoms with van der Waals surface area (Å²) in [4.78, 5) is 19.9. The average molecular weight is 544 g/mol. The van der Waals surface area contributed by atoms with E-state index in [1.807, 2.05) is 20.8 Å². The minimum absolute atomic E-state index is 0.0219. The Morgan fingerprint density at radius 1 is 1.15 bits per heavy atom. The van der Waals surface area contributed by atoms with E-state index in [1.165, 1.54) is 28.4 Å². The predicted molar refractivity (Wildman–Crippen MR) is 161 cm³/mol. The molecule has 1 aromatic rings. The van der Waals surface area contributed by atoms with Crippen LogP contribution >= 0.6 is 0 Å². The molecule has 0 spiro atoms. The molecule has 1 aromatic carbocycles. The third-order valence-corrected chi connectivity index (χ3v) is 8.52. The normalized spacial score (nSPS) is 20.8. The number of carbonyl (C=O) groups is 1. The molecule has 40 heavy (non-hydrogen) atoms. The Morgan fingerprint density at radius 2 is 1.95 bits per heavy atom. The summed E-state index contributed by atoms with van der Waals surface area (Å²) in [6.45, 7) is 11.5. The topological polar surface area (TPSA) is 53.9 Å². The lowest BCUT2D eigenvalue weighted by molar-refractivity contribution is 0.0188. The highest BCUT2D eigenvalue weighted by Gasteiger charge is 2.24. The third-order valence-electron chi connectivity index (χ3n) is 8.52. The molecule has 212 valence electrons. The van der Waals surface area contributed by atoms with E-state index in [-0.39, 0.29) is 17.5 Å². The number of amides is 1. The van der Waals surface area contributed by atoms with Crippen LogP contribution in [0.3, 0.4) is 0 Å². The highest BCUT2D eigenvalue weighted by Crippen LogP contribution is 2.32. The SMILES string of the molecule is CC1=CCC(C2=CC=C(COCN3CCC(C[C@H](C)NC(=O)c4cc(C5=C(C)N=C(C)C5)ccc4F)CC3)C2)=C1. The molecule has 0 radical (unpaired) electrons. The number of rotatable bonds is 10. The Kier molecular flexibility index (Phi) is 8.97. The van der Waals surface area contributed by atoms with Crippen LogP contribution in [0.15, 0.2) is 75.5 Å². The Balaban J connectivity index is 1.01. The molecule has 2 aliphatic heterocycles. The van der Waals surface area contributed by atoms with Crippen molar-refractivity contribution >= 4 is 17.2 Å². The van der Waals surface area contributed by atoms with Gasteiger partial charge in [-0.1, -0.05) is 35.9 Å². The molecule has 1 N–H and O–H groups in total. The Labute approximate surface area is 238 Å². The van der Waals surface area contributed by atoms with Crippen LogP contribution in [0.5, 0.6) is 0 Å². The lowest BCUT2D eigenvalue weighted by Crippen LogP contribution is -2.39. The van der Waals surface area contributed by atoms with Crippen molar-refractivity contribution in [3.8, 4) is 0 Å². The molecule has 1 atom stereocenters. The fourth-order valence-electron chi connectivity index (χ4n) is 6.28. The number of piperidine rings is 1. The zero-order valence-corrected chi connectivity index (χ0v) is 24.4. The van der Waals surface area contributed by atoms with E-state index >= 15 is 0 Å². The first kappa shape index (κ1) is 28.4. The maximum Gasteiger partial charge on any atom is 0.254 e. The van der Waals surface area contributed by atoms with Gasteiger partial charge in [0.1, 0.15) is 5.82 Å². The molecule has 2 aliphatic carbocycles. The summed E-state index contributed by atoms with van der Waals surface area (Å²) >= 11 is 0. The van der Waals surface area contributed by atoms with E-state index < -0.39 is 5.82 Å². The van der Waals surface area contributed by atoms with Gasteiger partial charge in [0, 0.05) is 37.0 Å². The van der Waals surface area contributed by atoms with Crippen molar-refractivity contribution in [1.29, 1.82) is 0 Å². The number of carbonyl (C=O) groups excluding carboxylic acids is 1. The fourth-order valence-corrected chi connectivity index (χ4v) is 6.28. The van der Waals surface area contributed by atoms with Gasteiger partial charge in [-0.25, -0.2) is 4.39 Å². The summed E-state index contributed by atoms with van der Waals surface area (Å²) < 4.78 is 20.7. The Morgan fingerprint density at radius 3 is 2.65 bits per heavy atom. The van der Waals surface area contributed by atoms with Gasteiger partial charge < -0.3 is 10.1 Å². The van der Waals surface area contributed by atoms with Crippen LogP contribution in [-0.4, -0.2) is 49.0 Å². The molecule has 0 saturated carbocycles. The molecule has 0 unspecified atom stereocenters. The zero-order valence-electron chi connectivity index (χ0n) is 24.4. The number of allylic oxidation sites excluding steroid dienone is 9. The lowest BCUT2D eigenvalue weighted by Gasteiger charge is -2.33. The summed E-state index contributed by atoms with van der Waals surface area (Å²) in [6.07, 6.45) is 14.9.